The van der Waals surface area contributed by atoms with Crippen LogP contribution in [0.3, 0.4) is 0 Å². The third kappa shape index (κ3) is 3.65. The Morgan fingerprint density at radius 2 is 1.15 bits per heavy atom. The lowest BCUT2D eigenvalue weighted by Gasteiger charge is -2.12. The van der Waals surface area contributed by atoms with Gasteiger partial charge in [0.2, 0.25) is 0 Å². The number of hydrogen-bond acceptors (Lipinski definition) is 4. The molecule has 3 aromatic carbocycles. The van der Waals surface area contributed by atoms with Gasteiger partial charge in [0.25, 0.3) is 0 Å². The van der Waals surface area contributed by atoms with E-state index >= 15 is 0 Å². The standard InChI is InChI=1S/C22H17BN2O2/c26-23(27)19-14-8-7-13-18(19)21-15-20(16-9-3-1-4-10-16)24-22(25-21)17-11-5-2-6-12-17/h1-15,26-27H. The zero-order valence-corrected chi connectivity index (χ0v) is 14.5. The summed E-state index contributed by atoms with van der Waals surface area (Å²) in [5.74, 6) is 0.592. The minimum atomic E-state index is -1.57. The van der Waals surface area contributed by atoms with Gasteiger partial charge in [-0.05, 0) is 11.5 Å². The summed E-state index contributed by atoms with van der Waals surface area (Å²) in [6.45, 7) is 0. The predicted octanol–water partition coefficient (Wildman–Crippen LogP) is 3.16. The van der Waals surface area contributed by atoms with E-state index in [2.05, 4.69) is 0 Å². The molecule has 130 valence electrons. The van der Waals surface area contributed by atoms with Crippen molar-refractivity contribution in [3.8, 4) is 33.9 Å². The molecule has 2 N–H and O–H groups in total. The van der Waals surface area contributed by atoms with Gasteiger partial charge in [0.1, 0.15) is 0 Å². The maximum atomic E-state index is 9.75. The molecule has 0 amide bonds. The molecular formula is C22H17BN2O2. The third-order valence-corrected chi connectivity index (χ3v) is 4.34. The second-order valence-corrected chi connectivity index (χ2v) is 6.16. The molecule has 27 heavy (non-hydrogen) atoms. The first-order chi connectivity index (χ1) is 13.2. The molecule has 4 nitrogen and oxygen atoms in total. The first kappa shape index (κ1) is 17.2. The van der Waals surface area contributed by atoms with Crippen molar-refractivity contribution in [1.29, 1.82) is 0 Å². The Hall–Kier alpha value is -3.28. The molecular weight excluding hydrogens is 335 g/mol. The first-order valence-corrected chi connectivity index (χ1v) is 8.68. The molecule has 1 aromatic heterocycles. The summed E-state index contributed by atoms with van der Waals surface area (Å²) in [7, 11) is -1.57. The van der Waals surface area contributed by atoms with E-state index in [0.717, 1.165) is 16.8 Å². The summed E-state index contributed by atoms with van der Waals surface area (Å²) in [4.78, 5) is 9.45. The van der Waals surface area contributed by atoms with Gasteiger partial charge < -0.3 is 10.0 Å². The van der Waals surface area contributed by atoms with Crippen LogP contribution >= 0.6 is 0 Å². The van der Waals surface area contributed by atoms with Crippen LogP contribution in [-0.2, 0) is 0 Å². The van der Waals surface area contributed by atoms with Crippen molar-refractivity contribution >= 4 is 12.6 Å². The molecule has 0 atom stereocenters. The molecule has 1 heterocycles. The van der Waals surface area contributed by atoms with Crippen LogP contribution in [0.1, 0.15) is 0 Å². The van der Waals surface area contributed by atoms with Crippen molar-refractivity contribution in [1.82, 2.24) is 9.97 Å². The lowest BCUT2D eigenvalue weighted by molar-refractivity contribution is 0.426. The van der Waals surface area contributed by atoms with Crippen LogP contribution < -0.4 is 5.46 Å². The highest BCUT2D eigenvalue weighted by Gasteiger charge is 2.19. The van der Waals surface area contributed by atoms with Crippen molar-refractivity contribution in [2.75, 3.05) is 0 Å². The van der Waals surface area contributed by atoms with Crippen LogP contribution in [0.2, 0.25) is 0 Å². The Morgan fingerprint density at radius 3 is 1.81 bits per heavy atom. The molecule has 0 radical (unpaired) electrons. The molecule has 4 rings (SSSR count). The van der Waals surface area contributed by atoms with Crippen molar-refractivity contribution < 1.29 is 10.0 Å². The van der Waals surface area contributed by atoms with E-state index in [4.69, 9.17) is 9.97 Å². The largest absolute Gasteiger partial charge is 0.489 e. The third-order valence-electron chi connectivity index (χ3n) is 4.34. The van der Waals surface area contributed by atoms with E-state index in [1.807, 2.05) is 78.9 Å². The second-order valence-electron chi connectivity index (χ2n) is 6.16. The second kappa shape index (κ2) is 7.54. The van der Waals surface area contributed by atoms with Gasteiger partial charge >= 0.3 is 7.12 Å². The average Bonchev–Trinajstić information content (AvgIpc) is 2.74. The van der Waals surface area contributed by atoms with E-state index in [9.17, 15) is 10.0 Å². The van der Waals surface area contributed by atoms with Gasteiger partial charge in [0.15, 0.2) is 5.82 Å². The number of aromatic nitrogens is 2. The van der Waals surface area contributed by atoms with Crippen LogP contribution in [0.15, 0.2) is 91.0 Å². The number of nitrogens with zero attached hydrogens (tertiary/aromatic N) is 2. The van der Waals surface area contributed by atoms with Gasteiger partial charge in [-0.1, -0.05) is 84.9 Å². The number of benzene rings is 3. The molecule has 0 saturated heterocycles. The summed E-state index contributed by atoms with van der Waals surface area (Å²) in [6, 6.07) is 28.7. The SMILES string of the molecule is OB(O)c1ccccc1-c1cc(-c2ccccc2)nc(-c2ccccc2)n1. The summed E-state index contributed by atoms with van der Waals surface area (Å²) >= 11 is 0. The molecule has 0 bridgehead atoms. The lowest BCUT2D eigenvalue weighted by Crippen LogP contribution is -2.31. The van der Waals surface area contributed by atoms with Gasteiger partial charge in [-0.25, -0.2) is 9.97 Å². The molecule has 0 fully saturated rings. The van der Waals surface area contributed by atoms with Crippen molar-refractivity contribution in [3.63, 3.8) is 0 Å². The monoisotopic (exact) mass is 352 g/mol. The maximum Gasteiger partial charge on any atom is 0.489 e. The number of hydrogen-bond donors (Lipinski definition) is 2. The van der Waals surface area contributed by atoms with E-state index in [1.165, 1.54) is 0 Å². The molecule has 5 heteroatoms. The zero-order chi connectivity index (χ0) is 18.6. The van der Waals surface area contributed by atoms with Crippen molar-refractivity contribution in [2.45, 2.75) is 0 Å². The van der Waals surface area contributed by atoms with E-state index in [-0.39, 0.29) is 0 Å². The van der Waals surface area contributed by atoms with Crippen LogP contribution in [0, 0.1) is 0 Å². The van der Waals surface area contributed by atoms with E-state index < -0.39 is 7.12 Å². The molecule has 0 spiro atoms. The van der Waals surface area contributed by atoms with Crippen molar-refractivity contribution in [3.05, 3.63) is 91.0 Å². The fourth-order valence-electron chi connectivity index (χ4n) is 3.01. The Kier molecular flexibility index (Phi) is 4.79. The summed E-state index contributed by atoms with van der Waals surface area (Å²) < 4.78 is 0. The minimum Gasteiger partial charge on any atom is -0.423 e. The highest BCUT2D eigenvalue weighted by atomic mass is 16.4. The maximum absolute atomic E-state index is 9.75. The molecule has 0 aliphatic heterocycles. The molecule has 0 saturated carbocycles. The van der Waals surface area contributed by atoms with Gasteiger partial charge in [-0.3, -0.25) is 0 Å². The number of rotatable bonds is 4. The quantitative estimate of drug-likeness (QED) is 0.554. The molecule has 0 aliphatic rings. The topological polar surface area (TPSA) is 66.2 Å². The summed E-state index contributed by atoms with van der Waals surface area (Å²) in [6.07, 6.45) is 0. The van der Waals surface area contributed by atoms with E-state index in [0.29, 0.717) is 22.5 Å². The van der Waals surface area contributed by atoms with Gasteiger partial charge in [0.05, 0.1) is 11.4 Å². The summed E-state index contributed by atoms with van der Waals surface area (Å²) in [5, 5.41) is 19.5. The fraction of sp³-hybridized carbons (Fsp3) is 0. The zero-order valence-electron chi connectivity index (χ0n) is 14.5. The van der Waals surface area contributed by atoms with Gasteiger partial charge in [-0.2, -0.15) is 0 Å². The Labute approximate surface area is 158 Å². The van der Waals surface area contributed by atoms with Crippen LogP contribution in [0.4, 0.5) is 0 Å². The minimum absolute atomic E-state index is 0.411. The predicted molar refractivity (Wildman–Crippen MR) is 108 cm³/mol. The Morgan fingerprint density at radius 1 is 0.593 bits per heavy atom. The Balaban J connectivity index is 1.95. The lowest BCUT2D eigenvalue weighted by atomic mass is 9.76. The highest BCUT2D eigenvalue weighted by Crippen LogP contribution is 2.26. The Bertz CT molecular complexity index is 996. The molecule has 4 aromatic rings. The van der Waals surface area contributed by atoms with Crippen LogP contribution in [0.25, 0.3) is 33.9 Å². The van der Waals surface area contributed by atoms with Crippen molar-refractivity contribution in [2.24, 2.45) is 0 Å². The van der Waals surface area contributed by atoms with Crippen LogP contribution in [-0.4, -0.2) is 27.1 Å². The van der Waals surface area contributed by atoms with Gasteiger partial charge in [0, 0.05) is 16.7 Å². The normalized spacial score (nSPS) is 10.6. The van der Waals surface area contributed by atoms with Gasteiger partial charge in [-0.15, -0.1) is 0 Å². The average molecular weight is 352 g/mol. The summed E-state index contributed by atoms with van der Waals surface area (Å²) in [5.41, 5.74) is 4.38. The smallest absolute Gasteiger partial charge is 0.423 e. The molecule has 0 aliphatic carbocycles. The highest BCUT2D eigenvalue weighted by molar-refractivity contribution is 6.60. The fourth-order valence-corrected chi connectivity index (χ4v) is 3.01. The van der Waals surface area contributed by atoms with E-state index in [1.54, 1.807) is 12.1 Å². The van der Waals surface area contributed by atoms with Crippen LogP contribution in [0.5, 0.6) is 0 Å². The first-order valence-electron chi connectivity index (χ1n) is 8.68. The molecule has 0 unspecified atom stereocenters.